The van der Waals surface area contributed by atoms with E-state index in [1.165, 1.54) is 12.1 Å². The molecule has 0 aliphatic rings. The zero-order chi connectivity index (χ0) is 11.3. The quantitative estimate of drug-likeness (QED) is 0.724. The predicted octanol–water partition coefficient (Wildman–Crippen LogP) is 0.453. The van der Waals surface area contributed by atoms with Crippen molar-refractivity contribution in [3.63, 3.8) is 0 Å². The number of sulfonamides is 1. The van der Waals surface area contributed by atoms with Crippen LogP contribution < -0.4 is 10.5 Å². The van der Waals surface area contributed by atoms with Crippen molar-refractivity contribution in [2.24, 2.45) is 5.73 Å². The van der Waals surface area contributed by atoms with Gasteiger partial charge in [0.05, 0.1) is 4.90 Å². The van der Waals surface area contributed by atoms with Crippen LogP contribution in [0.1, 0.15) is 6.42 Å². The molecule has 0 spiro atoms. The van der Waals surface area contributed by atoms with Crippen LogP contribution >= 0.6 is 0 Å². The van der Waals surface area contributed by atoms with Crippen LogP contribution in [0.15, 0.2) is 29.2 Å². The largest absolute Gasteiger partial charge is 0.330 e. The second-order valence-electron chi connectivity index (χ2n) is 2.99. The maximum absolute atomic E-state index is 12.5. The Morgan fingerprint density at radius 2 is 1.87 bits per heavy atom. The number of hydrogen-bond donors (Lipinski definition) is 2. The minimum absolute atomic E-state index is 0.0564. The van der Waals surface area contributed by atoms with Gasteiger partial charge in [0.2, 0.25) is 10.0 Å². The summed E-state index contributed by atoms with van der Waals surface area (Å²) in [6, 6.07) is 4.66. The summed E-state index contributed by atoms with van der Waals surface area (Å²) in [5.74, 6) is -0.462. The van der Waals surface area contributed by atoms with E-state index in [0.29, 0.717) is 13.0 Å². The van der Waals surface area contributed by atoms with Crippen molar-refractivity contribution < 1.29 is 12.8 Å². The zero-order valence-electron chi connectivity index (χ0n) is 8.11. The number of hydrogen-bond acceptors (Lipinski definition) is 3. The molecule has 3 N–H and O–H groups in total. The lowest BCUT2D eigenvalue weighted by Gasteiger charge is -2.05. The average Bonchev–Trinajstić information content (AvgIpc) is 2.18. The lowest BCUT2D eigenvalue weighted by molar-refractivity contribution is 0.578. The molecule has 0 unspecified atom stereocenters. The first kappa shape index (κ1) is 12.1. The summed E-state index contributed by atoms with van der Waals surface area (Å²) in [4.78, 5) is 0.0564. The molecule has 0 atom stereocenters. The number of benzene rings is 1. The van der Waals surface area contributed by atoms with E-state index in [1.54, 1.807) is 0 Å². The Bertz CT molecular complexity index is 403. The summed E-state index contributed by atoms with van der Waals surface area (Å²) in [5, 5.41) is 0. The molecule has 6 heteroatoms. The van der Waals surface area contributed by atoms with Crippen LogP contribution in [0.2, 0.25) is 0 Å². The molecule has 1 aromatic carbocycles. The van der Waals surface area contributed by atoms with E-state index < -0.39 is 15.8 Å². The van der Waals surface area contributed by atoms with Crippen LogP contribution in [0.4, 0.5) is 4.39 Å². The van der Waals surface area contributed by atoms with Gasteiger partial charge in [-0.1, -0.05) is 0 Å². The molecule has 84 valence electrons. The minimum atomic E-state index is -3.52. The molecule has 0 heterocycles. The molecule has 0 amide bonds. The molecule has 15 heavy (non-hydrogen) atoms. The van der Waals surface area contributed by atoms with E-state index in [-0.39, 0.29) is 11.4 Å². The second kappa shape index (κ2) is 5.20. The highest BCUT2D eigenvalue weighted by molar-refractivity contribution is 7.89. The number of nitrogens with two attached hydrogens (primary N) is 1. The van der Waals surface area contributed by atoms with E-state index in [2.05, 4.69) is 4.72 Å². The van der Waals surface area contributed by atoms with Crippen LogP contribution in [0.25, 0.3) is 0 Å². The van der Waals surface area contributed by atoms with Crippen LogP contribution in [0, 0.1) is 5.82 Å². The van der Waals surface area contributed by atoms with Crippen molar-refractivity contribution in [2.45, 2.75) is 11.3 Å². The first-order chi connectivity index (χ1) is 7.06. The monoisotopic (exact) mass is 232 g/mol. The predicted molar refractivity (Wildman–Crippen MR) is 55.3 cm³/mol. The van der Waals surface area contributed by atoms with Crippen LogP contribution in [-0.2, 0) is 10.0 Å². The summed E-state index contributed by atoms with van der Waals surface area (Å²) >= 11 is 0. The molecule has 0 saturated carbocycles. The van der Waals surface area contributed by atoms with Gasteiger partial charge in [0.15, 0.2) is 0 Å². The highest BCUT2D eigenvalue weighted by Crippen LogP contribution is 2.09. The van der Waals surface area contributed by atoms with Crippen LogP contribution in [-0.4, -0.2) is 21.5 Å². The number of nitrogens with one attached hydrogen (secondary N) is 1. The average molecular weight is 232 g/mol. The summed E-state index contributed by atoms with van der Waals surface area (Å²) < 4.78 is 38.0. The molecule has 1 aromatic rings. The van der Waals surface area contributed by atoms with Gasteiger partial charge in [-0.15, -0.1) is 0 Å². The molecule has 0 fully saturated rings. The smallest absolute Gasteiger partial charge is 0.240 e. The Balaban J connectivity index is 2.73. The molecule has 0 aliphatic carbocycles. The fourth-order valence-electron chi connectivity index (χ4n) is 1.01. The summed E-state index contributed by atoms with van der Waals surface area (Å²) in [6.07, 6.45) is 0.570. The van der Waals surface area contributed by atoms with E-state index >= 15 is 0 Å². The molecule has 4 nitrogen and oxygen atoms in total. The first-order valence-electron chi connectivity index (χ1n) is 4.51. The third-order valence-corrected chi connectivity index (χ3v) is 3.27. The van der Waals surface area contributed by atoms with Gasteiger partial charge in [0, 0.05) is 6.54 Å². The Morgan fingerprint density at radius 3 is 2.40 bits per heavy atom. The molecule has 0 bridgehead atoms. The molecule has 0 radical (unpaired) electrons. The van der Waals surface area contributed by atoms with Crippen molar-refractivity contribution in [2.75, 3.05) is 13.1 Å². The standard InChI is InChI=1S/C9H13FN2O2S/c10-8-2-4-9(5-3-8)15(13,14)12-7-1-6-11/h2-5,12H,1,6-7,11H2. The van der Waals surface area contributed by atoms with Gasteiger partial charge in [0.1, 0.15) is 5.82 Å². The van der Waals surface area contributed by atoms with Gasteiger partial charge >= 0.3 is 0 Å². The lowest BCUT2D eigenvalue weighted by Crippen LogP contribution is -2.26. The Morgan fingerprint density at radius 1 is 1.27 bits per heavy atom. The van der Waals surface area contributed by atoms with Crippen molar-refractivity contribution in [1.82, 2.24) is 4.72 Å². The van der Waals surface area contributed by atoms with Gasteiger partial charge in [-0.2, -0.15) is 0 Å². The summed E-state index contributed by atoms with van der Waals surface area (Å²) in [6.45, 7) is 0.710. The Labute approximate surface area is 88.3 Å². The maximum atomic E-state index is 12.5. The van der Waals surface area contributed by atoms with Crippen molar-refractivity contribution in [3.8, 4) is 0 Å². The fraction of sp³-hybridized carbons (Fsp3) is 0.333. The van der Waals surface area contributed by atoms with Crippen molar-refractivity contribution in [3.05, 3.63) is 30.1 Å². The lowest BCUT2D eigenvalue weighted by atomic mass is 10.4. The van der Waals surface area contributed by atoms with E-state index in [0.717, 1.165) is 12.1 Å². The van der Waals surface area contributed by atoms with Crippen LogP contribution in [0.5, 0.6) is 0 Å². The number of halogens is 1. The fourth-order valence-corrected chi connectivity index (χ4v) is 2.08. The topological polar surface area (TPSA) is 72.2 Å². The minimum Gasteiger partial charge on any atom is -0.330 e. The normalized spacial score (nSPS) is 11.6. The van der Waals surface area contributed by atoms with Gasteiger partial charge in [0.25, 0.3) is 0 Å². The van der Waals surface area contributed by atoms with E-state index in [1.807, 2.05) is 0 Å². The molecule has 1 rings (SSSR count). The molecular weight excluding hydrogens is 219 g/mol. The van der Waals surface area contributed by atoms with Crippen molar-refractivity contribution in [1.29, 1.82) is 0 Å². The third kappa shape index (κ3) is 3.58. The Kier molecular flexibility index (Phi) is 4.19. The summed E-state index contributed by atoms with van der Waals surface area (Å²) in [7, 11) is -3.52. The summed E-state index contributed by atoms with van der Waals surface area (Å²) in [5.41, 5.74) is 5.23. The van der Waals surface area contributed by atoms with E-state index in [4.69, 9.17) is 5.73 Å². The Hall–Kier alpha value is -0.980. The van der Waals surface area contributed by atoms with Gasteiger partial charge in [-0.25, -0.2) is 17.5 Å². The number of rotatable bonds is 5. The maximum Gasteiger partial charge on any atom is 0.240 e. The first-order valence-corrected chi connectivity index (χ1v) is 6.00. The van der Waals surface area contributed by atoms with Crippen molar-refractivity contribution >= 4 is 10.0 Å². The molecule has 0 aromatic heterocycles. The third-order valence-electron chi connectivity index (χ3n) is 1.80. The van der Waals surface area contributed by atoms with E-state index in [9.17, 15) is 12.8 Å². The van der Waals surface area contributed by atoms with Crippen LogP contribution in [0.3, 0.4) is 0 Å². The van der Waals surface area contributed by atoms with Gasteiger partial charge in [-0.3, -0.25) is 0 Å². The highest BCUT2D eigenvalue weighted by atomic mass is 32.2. The van der Waals surface area contributed by atoms with Gasteiger partial charge in [-0.05, 0) is 37.2 Å². The molecular formula is C9H13FN2O2S. The molecule has 0 saturated heterocycles. The SMILES string of the molecule is NCCCNS(=O)(=O)c1ccc(F)cc1. The second-order valence-corrected chi connectivity index (χ2v) is 4.76. The molecule has 0 aliphatic heterocycles. The zero-order valence-corrected chi connectivity index (χ0v) is 8.93. The highest BCUT2D eigenvalue weighted by Gasteiger charge is 2.12. The van der Waals surface area contributed by atoms with Gasteiger partial charge < -0.3 is 5.73 Å².